The molecule has 2 heteroatoms. The Kier molecular flexibility index (Phi) is 16.3. The molecular weight excluding hydrogens is 270 g/mol. The molecule has 1 rings (SSSR count). The maximum Gasteiger partial charge on any atom is 0.0319 e. The highest BCUT2D eigenvalue weighted by Gasteiger charge is 2.28. The zero-order valence-corrected chi connectivity index (χ0v) is 17.0. The lowest BCUT2D eigenvalue weighted by Crippen LogP contribution is -2.41. The lowest BCUT2D eigenvalue weighted by molar-refractivity contribution is 0.305. The highest BCUT2D eigenvalue weighted by molar-refractivity contribution is 5.28. The molecule has 0 spiro atoms. The molecule has 0 aromatic heterocycles. The van der Waals surface area contributed by atoms with E-state index in [2.05, 4.69) is 64.2 Å². The molecule has 0 aliphatic carbocycles. The van der Waals surface area contributed by atoms with Crippen LogP contribution in [0.25, 0.3) is 0 Å². The summed E-state index contributed by atoms with van der Waals surface area (Å²) in [4.78, 5) is 0. The average Bonchev–Trinajstić information content (AvgIpc) is 2.53. The fraction of sp³-hybridized carbons (Fsp3) is 0.700. The highest BCUT2D eigenvalue weighted by Crippen LogP contribution is 2.32. The van der Waals surface area contributed by atoms with Gasteiger partial charge in [0.05, 0.1) is 0 Å². The number of aryl methyl sites for hydroxylation is 1. The van der Waals surface area contributed by atoms with Crippen LogP contribution in [0.5, 0.6) is 0 Å². The number of hydrogen-bond donors (Lipinski definition) is 2. The van der Waals surface area contributed by atoms with Crippen molar-refractivity contribution in [1.29, 1.82) is 0 Å². The van der Waals surface area contributed by atoms with E-state index in [1.165, 1.54) is 11.1 Å². The predicted molar refractivity (Wildman–Crippen MR) is 103 cm³/mol. The van der Waals surface area contributed by atoms with E-state index in [1.54, 1.807) is 0 Å². The summed E-state index contributed by atoms with van der Waals surface area (Å²) >= 11 is 0. The highest BCUT2D eigenvalue weighted by atomic mass is 16.2. The second kappa shape index (κ2) is 13.8. The van der Waals surface area contributed by atoms with E-state index in [9.17, 15) is 0 Å². The summed E-state index contributed by atoms with van der Waals surface area (Å²) in [6.45, 7) is 19.3. The largest absolute Gasteiger partial charge is 0.400 e. The van der Waals surface area contributed by atoms with E-state index in [1.807, 2.05) is 34.7 Å². The van der Waals surface area contributed by atoms with E-state index in [4.69, 9.17) is 5.11 Å². The molecular formula is C20H41NO. The van der Waals surface area contributed by atoms with E-state index < -0.39 is 0 Å². The van der Waals surface area contributed by atoms with Gasteiger partial charge in [-0.05, 0) is 45.2 Å². The number of aliphatic hydroxyl groups is 1. The summed E-state index contributed by atoms with van der Waals surface area (Å²) in [5.41, 5.74) is 3.13. The topological polar surface area (TPSA) is 32.3 Å². The van der Waals surface area contributed by atoms with Gasteiger partial charge in [0, 0.05) is 12.6 Å². The normalized spacial score (nSPS) is 10.2. The quantitative estimate of drug-likeness (QED) is 0.788. The Morgan fingerprint density at radius 1 is 0.864 bits per heavy atom. The summed E-state index contributed by atoms with van der Waals surface area (Å²) < 4.78 is 0. The minimum atomic E-state index is 0.175. The van der Waals surface area contributed by atoms with Crippen molar-refractivity contribution in [2.24, 2.45) is 0 Å². The van der Waals surface area contributed by atoms with Crippen LogP contribution >= 0.6 is 0 Å². The zero-order valence-electron chi connectivity index (χ0n) is 17.0. The fourth-order valence-corrected chi connectivity index (χ4v) is 2.30. The third-order valence-corrected chi connectivity index (χ3v) is 3.39. The molecule has 0 heterocycles. The van der Waals surface area contributed by atoms with Gasteiger partial charge < -0.3 is 10.4 Å². The maximum absolute atomic E-state index is 7.00. The Labute approximate surface area is 140 Å². The molecule has 22 heavy (non-hydrogen) atoms. The van der Waals surface area contributed by atoms with Crippen molar-refractivity contribution in [2.75, 3.05) is 14.2 Å². The summed E-state index contributed by atoms with van der Waals surface area (Å²) in [6, 6.07) is 8.90. The van der Waals surface area contributed by atoms with Gasteiger partial charge in [-0.25, -0.2) is 0 Å². The third kappa shape index (κ3) is 10.8. The van der Waals surface area contributed by atoms with Gasteiger partial charge in [0.1, 0.15) is 0 Å². The first-order chi connectivity index (χ1) is 10.3. The number of aliphatic hydroxyl groups excluding tert-OH is 1. The molecule has 1 aromatic rings. The lowest BCUT2D eigenvalue weighted by atomic mass is 9.75. The Bertz CT molecular complexity index is 339. The van der Waals surface area contributed by atoms with Gasteiger partial charge in [-0.15, -0.1) is 0 Å². The van der Waals surface area contributed by atoms with Gasteiger partial charge in [-0.3, -0.25) is 0 Å². The molecule has 0 unspecified atom stereocenters. The smallest absolute Gasteiger partial charge is 0.0319 e. The molecule has 0 amide bonds. The molecule has 132 valence electrons. The van der Waals surface area contributed by atoms with Crippen molar-refractivity contribution in [2.45, 2.75) is 79.7 Å². The van der Waals surface area contributed by atoms with Crippen LogP contribution in [0, 0.1) is 6.92 Å². The van der Waals surface area contributed by atoms with Crippen LogP contribution in [0.1, 0.15) is 72.9 Å². The molecule has 0 saturated heterocycles. The van der Waals surface area contributed by atoms with Crippen molar-refractivity contribution in [3.8, 4) is 0 Å². The van der Waals surface area contributed by atoms with Gasteiger partial charge in [0.2, 0.25) is 0 Å². The number of hydrogen-bond acceptors (Lipinski definition) is 2. The zero-order chi connectivity index (χ0) is 18.4. The number of rotatable bonds is 4. The molecule has 2 nitrogen and oxygen atoms in total. The Balaban J connectivity index is -0.000000535. The van der Waals surface area contributed by atoms with Crippen LogP contribution in [0.15, 0.2) is 24.3 Å². The molecule has 0 aliphatic heterocycles. The first-order valence-electron chi connectivity index (χ1n) is 8.48. The standard InChI is InChI=1S/C15H25N.2C2H6.CH4O/c1-12-7-9-13(10-8-12)14(2,3)11-15(4,5)16-6;3*1-2/h7-10,16H,11H2,1-6H3;2*1-2H3;2H,1H3. The molecule has 0 saturated carbocycles. The minimum absolute atomic E-state index is 0.175. The first-order valence-corrected chi connectivity index (χ1v) is 8.48. The van der Waals surface area contributed by atoms with Crippen molar-refractivity contribution < 1.29 is 5.11 Å². The van der Waals surface area contributed by atoms with Crippen molar-refractivity contribution in [3.63, 3.8) is 0 Å². The van der Waals surface area contributed by atoms with Crippen LogP contribution in [-0.4, -0.2) is 24.8 Å². The van der Waals surface area contributed by atoms with Gasteiger partial charge in [-0.1, -0.05) is 71.4 Å². The van der Waals surface area contributed by atoms with Gasteiger partial charge in [0.25, 0.3) is 0 Å². The molecule has 2 N–H and O–H groups in total. The van der Waals surface area contributed by atoms with Crippen LogP contribution in [-0.2, 0) is 5.41 Å². The van der Waals surface area contributed by atoms with E-state index in [0.717, 1.165) is 13.5 Å². The molecule has 1 aromatic carbocycles. The second-order valence-corrected chi connectivity index (χ2v) is 6.06. The maximum atomic E-state index is 7.00. The van der Waals surface area contributed by atoms with E-state index in [-0.39, 0.29) is 11.0 Å². The Hall–Kier alpha value is -0.860. The van der Waals surface area contributed by atoms with E-state index in [0.29, 0.717) is 0 Å². The average molecular weight is 312 g/mol. The summed E-state index contributed by atoms with van der Waals surface area (Å²) in [5, 5.41) is 10.4. The van der Waals surface area contributed by atoms with Gasteiger partial charge >= 0.3 is 0 Å². The summed E-state index contributed by atoms with van der Waals surface area (Å²) in [5.74, 6) is 0. The monoisotopic (exact) mass is 311 g/mol. The Morgan fingerprint density at radius 3 is 1.55 bits per heavy atom. The molecule has 0 radical (unpaired) electrons. The summed E-state index contributed by atoms with van der Waals surface area (Å²) in [7, 11) is 3.03. The van der Waals surface area contributed by atoms with Crippen molar-refractivity contribution in [1.82, 2.24) is 5.32 Å². The van der Waals surface area contributed by atoms with Crippen LogP contribution in [0.3, 0.4) is 0 Å². The van der Waals surface area contributed by atoms with E-state index >= 15 is 0 Å². The predicted octanol–water partition coefficient (Wildman–Crippen LogP) is 5.32. The molecule has 0 atom stereocenters. The first kappa shape index (κ1) is 26.1. The lowest BCUT2D eigenvalue weighted by Gasteiger charge is -2.35. The van der Waals surface area contributed by atoms with Gasteiger partial charge in [-0.2, -0.15) is 0 Å². The van der Waals surface area contributed by atoms with Crippen LogP contribution < -0.4 is 5.32 Å². The number of benzene rings is 1. The van der Waals surface area contributed by atoms with Crippen molar-refractivity contribution >= 4 is 0 Å². The molecule has 0 bridgehead atoms. The summed E-state index contributed by atoms with van der Waals surface area (Å²) in [6.07, 6.45) is 1.12. The fourth-order valence-electron chi connectivity index (χ4n) is 2.30. The van der Waals surface area contributed by atoms with Gasteiger partial charge in [0.15, 0.2) is 0 Å². The third-order valence-electron chi connectivity index (χ3n) is 3.39. The molecule has 0 aliphatic rings. The van der Waals surface area contributed by atoms with Crippen LogP contribution in [0.2, 0.25) is 0 Å². The number of nitrogens with one attached hydrogen (secondary N) is 1. The van der Waals surface area contributed by atoms with Crippen LogP contribution in [0.4, 0.5) is 0 Å². The SMILES string of the molecule is CC.CC.CNC(C)(C)CC(C)(C)c1ccc(C)cc1.CO. The van der Waals surface area contributed by atoms with Crippen molar-refractivity contribution in [3.05, 3.63) is 35.4 Å². The second-order valence-electron chi connectivity index (χ2n) is 6.06. The Morgan fingerprint density at radius 2 is 1.23 bits per heavy atom. The minimum Gasteiger partial charge on any atom is -0.400 e. The molecule has 0 fully saturated rings.